The number of anilines is 1. The molecule has 0 bridgehead atoms. The molecule has 0 aliphatic carbocycles. The Morgan fingerprint density at radius 3 is 1.85 bits per heavy atom. The van der Waals surface area contributed by atoms with Gasteiger partial charge in [-0.15, -0.1) is 0 Å². The van der Waals surface area contributed by atoms with E-state index >= 15 is 0 Å². The summed E-state index contributed by atoms with van der Waals surface area (Å²) < 4.78 is 46.0. The first-order valence-corrected chi connectivity index (χ1v) is 13.3. The standard InChI is InChI=1S/C22H36N5O5P/c1-3-27(20-4-6-21(29-2)7-5-20)22(24-8-14-30-15-9-24)23-33(28,25-10-16-31-17-11-25)26-12-18-32-19-13-26/h4-7H,3,8-19H2,1-2H3/b23-22+. The molecule has 11 heteroatoms. The number of hydrogen-bond donors (Lipinski definition) is 0. The Balaban J connectivity index is 1.76. The zero-order chi connectivity index (χ0) is 23.1. The number of benzene rings is 1. The summed E-state index contributed by atoms with van der Waals surface area (Å²) in [6.45, 7) is 10.1. The summed E-state index contributed by atoms with van der Waals surface area (Å²) in [4.78, 5) is 4.34. The largest absolute Gasteiger partial charge is 0.497 e. The molecule has 10 nitrogen and oxygen atoms in total. The molecule has 4 rings (SSSR count). The zero-order valence-corrected chi connectivity index (χ0v) is 20.6. The third kappa shape index (κ3) is 5.70. The van der Waals surface area contributed by atoms with Gasteiger partial charge in [0, 0.05) is 51.5 Å². The minimum Gasteiger partial charge on any atom is -0.497 e. The quantitative estimate of drug-likeness (QED) is 0.344. The molecule has 0 N–H and O–H groups in total. The van der Waals surface area contributed by atoms with E-state index in [0.717, 1.165) is 17.4 Å². The summed E-state index contributed by atoms with van der Waals surface area (Å²) in [5, 5.41) is 0. The first-order chi connectivity index (χ1) is 16.2. The molecule has 3 saturated heterocycles. The van der Waals surface area contributed by atoms with E-state index in [9.17, 15) is 4.57 Å². The van der Waals surface area contributed by atoms with Crippen LogP contribution in [-0.4, -0.2) is 113 Å². The van der Waals surface area contributed by atoms with Crippen LogP contribution in [0.25, 0.3) is 0 Å². The minimum absolute atomic E-state index is 0.562. The first kappa shape index (κ1) is 24.4. The van der Waals surface area contributed by atoms with Crippen molar-refractivity contribution in [2.24, 2.45) is 4.76 Å². The molecule has 1 aromatic carbocycles. The van der Waals surface area contributed by atoms with Crippen LogP contribution in [0.2, 0.25) is 0 Å². The topological polar surface area (TPSA) is 79.3 Å². The Labute approximate surface area is 196 Å². The second-order valence-electron chi connectivity index (χ2n) is 8.09. The van der Waals surface area contributed by atoms with Crippen molar-refractivity contribution < 1.29 is 23.5 Å². The highest BCUT2D eigenvalue weighted by atomic mass is 31.2. The van der Waals surface area contributed by atoms with Gasteiger partial charge in [0.1, 0.15) is 5.75 Å². The summed E-state index contributed by atoms with van der Waals surface area (Å²) >= 11 is 0. The Kier molecular flexibility index (Phi) is 8.62. The molecule has 0 unspecified atom stereocenters. The lowest BCUT2D eigenvalue weighted by molar-refractivity contribution is 0.0521. The SMILES string of the molecule is CCN(/C(=N/P(=O)(N1CCOCC1)N1CCOCC1)N1CCOCC1)c1ccc(OC)cc1. The van der Waals surface area contributed by atoms with Gasteiger partial charge in [0.25, 0.3) is 0 Å². The molecule has 3 aliphatic heterocycles. The molecule has 33 heavy (non-hydrogen) atoms. The molecular formula is C22H36N5O5P. The van der Waals surface area contributed by atoms with Gasteiger partial charge in [-0.3, -0.25) is 4.57 Å². The highest BCUT2D eigenvalue weighted by Crippen LogP contribution is 2.55. The maximum Gasteiger partial charge on any atom is 0.332 e. The normalized spacial score (nSPS) is 21.8. The summed E-state index contributed by atoms with van der Waals surface area (Å²) in [6, 6.07) is 7.93. The molecule has 3 fully saturated rings. The maximum absolute atomic E-state index is 14.8. The third-order valence-corrected chi connectivity index (χ3v) is 8.88. The maximum atomic E-state index is 14.8. The number of ether oxygens (including phenoxy) is 4. The van der Waals surface area contributed by atoms with Crippen molar-refractivity contribution >= 4 is 19.2 Å². The van der Waals surface area contributed by atoms with E-state index in [1.807, 2.05) is 33.6 Å². The van der Waals surface area contributed by atoms with Gasteiger partial charge in [0.2, 0.25) is 5.96 Å². The fraction of sp³-hybridized carbons (Fsp3) is 0.682. The van der Waals surface area contributed by atoms with Crippen molar-refractivity contribution in [1.82, 2.24) is 14.2 Å². The van der Waals surface area contributed by atoms with Gasteiger partial charge < -0.3 is 28.7 Å². The molecule has 0 saturated carbocycles. The van der Waals surface area contributed by atoms with Gasteiger partial charge in [0.15, 0.2) is 0 Å². The van der Waals surface area contributed by atoms with Crippen LogP contribution in [-0.2, 0) is 18.8 Å². The summed E-state index contributed by atoms with van der Waals surface area (Å²) in [5.41, 5.74) is 0.985. The van der Waals surface area contributed by atoms with Crippen molar-refractivity contribution in [3.8, 4) is 5.75 Å². The lowest BCUT2D eigenvalue weighted by Crippen LogP contribution is -2.50. The molecule has 0 aromatic heterocycles. The van der Waals surface area contributed by atoms with E-state index < -0.39 is 7.59 Å². The van der Waals surface area contributed by atoms with Crippen LogP contribution >= 0.6 is 7.59 Å². The number of nitrogens with zero attached hydrogens (tertiary/aromatic N) is 5. The van der Waals surface area contributed by atoms with Crippen LogP contribution in [0.15, 0.2) is 29.0 Å². The molecule has 3 aliphatic rings. The average Bonchev–Trinajstić information content (AvgIpc) is 2.90. The average molecular weight is 482 g/mol. The number of morpholine rings is 3. The van der Waals surface area contributed by atoms with Crippen LogP contribution in [0.3, 0.4) is 0 Å². The van der Waals surface area contributed by atoms with Crippen molar-refractivity contribution in [1.29, 1.82) is 0 Å². The molecule has 0 radical (unpaired) electrons. The molecule has 184 valence electrons. The van der Waals surface area contributed by atoms with Crippen LogP contribution in [0.1, 0.15) is 6.92 Å². The molecule has 0 atom stereocenters. The fourth-order valence-electron chi connectivity index (χ4n) is 4.30. The zero-order valence-electron chi connectivity index (χ0n) is 19.7. The van der Waals surface area contributed by atoms with Gasteiger partial charge in [-0.1, -0.05) is 0 Å². The lowest BCUT2D eigenvalue weighted by atomic mass is 10.2. The van der Waals surface area contributed by atoms with Crippen molar-refractivity contribution in [3.63, 3.8) is 0 Å². The van der Waals surface area contributed by atoms with E-state index in [4.69, 9.17) is 23.7 Å². The van der Waals surface area contributed by atoms with Crippen LogP contribution in [0.4, 0.5) is 5.69 Å². The van der Waals surface area contributed by atoms with E-state index in [-0.39, 0.29) is 0 Å². The Morgan fingerprint density at radius 1 is 0.909 bits per heavy atom. The first-order valence-electron chi connectivity index (χ1n) is 11.8. The predicted octanol–water partition coefficient (Wildman–Crippen LogP) is 1.98. The monoisotopic (exact) mass is 481 g/mol. The molecule has 0 spiro atoms. The van der Waals surface area contributed by atoms with Crippen molar-refractivity contribution in [2.75, 3.05) is 97.5 Å². The Bertz CT molecular complexity index is 799. The number of methoxy groups -OCH3 is 1. The summed E-state index contributed by atoms with van der Waals surface area (Å²) in [5.74, 6) is 1.53. The van der Waals surface area contributed by atoms with Gasteiger partial charge in [-0.05, 0) is 31.2 Å². The Hall–Kier alpha value is -1.68. The number of guanidine groups is 1. The van der Waals surface area contributed by atoms with Gasteiger partial charge in [-0.2, -0.15) is 4.76 Å². The summed E-state index contributed by atoms with van der Waals surface area (Å²) in [7, 11) is -1.59. The second kappa shape index (κ2) is 11.6. The number of hydrogen-bond acceptors (Lipinski definition) is 5. The molecule has 1 aromatic rings. The van der Waals surface area contributed by atoms with E-state index in [2.05, 4.69) is 16.7 Å². The fourth-order valence-corrected chi connectivity index (χ4v) is 6.75. The molecular weight excluding hydrogens is 445 g/mol. The molecule has 0 amide bonds. The third-order valence-electron chi connectivity index (χ3n) is 6.17. The predicted molar refractivity (Wildman–Crippen MR) is 128 cm³/mol. The summed E-state index contributed by atoms with van der Waals surface area (Å²) in [6.07, 6.45) is 0. The smallest absolute Gasteiger partial charge is 0.332 e. The minimum atomic E-state index is -3.25. The van der Waals surface area contributed by atoms with Crippen molar-refractivity contribution in [2.45, 2.75) is 6.92 Å². The van der Waals surface area contributed by atoms with Gasteiger partial charge >= 0.3 is 7.59 Å². The lowest BCUT2D eigenvalue weighted by Gasteiger charge is -2.42. The van der Waals surface area contributed by atoms with Crippen LogP contribution in [0.5, 0.6) is 5.75 Å². The number of rotatable bonds is 6. The van der Waals surface area contributed by atoms with Crippen LogP contribution in [0, 0.1) is 0 Å². The Morgan fingerprint density at radius 2 is 1.39 bits per heavy atom. The highest BCUT2D eigenvalue weighted by molar-refractivity contribution is 7.57. The van der Waals surface area contributed by atoms with Gasteiger partial charge in [0.05, 0.1) is 46.8 Å². The van der Waals surface area contributed by atoms with E-state index in [1.54, 1.807) is 7.11 Å². The van der Waals surface area contributed by atoms with Crippen LogP contribution < -0.4 is 9.64 Å². The van der Waals surface area contributed by atoms with E-state index in [0.29, 0.717) is 85.5 Å². The van der Waals surface area contributed by atoms with E-state index in [1.165, 1.54) is 0 Å². The second-order valence-corrected chi connectivity index (χ2v) is 10.4. The highest BCUT2D eigenvalue weighted by Gasteiger charge is 2.41. The van der Waals surface area contributed by atoms with Gasteiger partial charge in [-0.25, -0.2) is 9.34 Å². The molecule has 3 heterocycles. The van der Waals surface area contributed by atoms with Crippen molar-refractivity contribution in [3.05, 3.63) is 24.3 Å².